The van der Waals surface area contributed by atoms with Gasteiger partial charge in [-0.05, 0) is 34.1 Å². The molecule has 6 nitrogen and oxygen atoms in total. The van der Waals surface area contributed by atoms with E-state index in [0.29, 0.717) is 19.6 Å². The van der Waals surface area contributed by atoms with Crippen LogP contribution in [0.15, 0.2) is 18.7 Å². The zero-order valence-corrected chi connectivity index (χ0v) is 13.6. The SMILES string of the molecule is COC(C)(C)CCOC(C)(C)CCOC(=O)n1ccnc1. The number of carbonyl (C=O) groups is 1. The smallest absolute Gasteiger partial charge is 0.419 e. The highest BCUT2D eigenvalue weighted by atomic mass is 16.6. The fourth-order valence-electron chi connectivity index (χ4n) is 1.57. The number of aromatic nitrogens is 2. The first-order valence-corrected chi connectivity index (χ1v) is 7.10. The Morgan fingerprint density at radius 2 is 1.81 bits per heavy atom. The van der Waals surface area contributed by atoms with E-state index >= 15 is 0 Å². The largest absolute Gasteiger partial charge is 0.449 e. The molecule has 1 heterocycles. The Balaban J connectivity index is 2.25. The van der Waals surface area contributed by atoms with Gasteiger partial charge in [-0.3, -0.25) is 0 Å². The summed E-state index contributed by atoms with van der Waals surface area (Å²) in [6.45, 7) is 8.92. The summed E-state index contributed by atoms with van der Waals surface area (Å²) in [7, 11) is 1.70. The van der Waals surface area contributed by atoms with E-state index < -0.39 is 6.09 Å². The van der Waals surface area contributed by atoms with Crippen LogP contribution in [0.4, 0.5) is 4.79 Å². The van der Waals surface area contributed by atoms with Gasteiger partial charge in [0.15, 0.2) is 0 Å². The van der Waals surface area contributed by atoms with Gasteiger partial charge in [0.05, 0.1) is 24.4 Å². The number of methoxy groups -OCH3 is 1. The minimum atomic E-state index is -0.427. The van der Waals surface area contributed by atoms with E-state index in [2.05, 4.69) is 4.98 Å². The molecule has 0 saturated carbocycles. The maximum Gasteiger partial charge on any atom is 0.419 e. The van der Waals surface area contributed by atoms with Gasteiger partial charge >= 0.3 is 6.09 Å². The number of rotatable bonds is 8. The summed E-state index contributed by atoms with van der Waals surface area (Å²) in [5, 5.41) is 0. The summed E-state index contributed by atoms with van der Waals surface area (Å²) in [6, 6.07) is 0. The maximum atomic E-state index is 11.6. The summed E-state index contributed by atoms with van der Waals surface area (Å²) in [6.07, 6.45) is 5.51. The molecule has 0 unspecified atom stereocenters. The van der Waals surface area contributed by atoms with Crippen molar-refractivity contribution in [1.29, 1.82) is 0 Å². The van der Waals surface area contributed by atoms with E-state index in [-0.39, 0.29) is 11.2 Å². The molecule has 0 aliphatic rings. The first-order valence-electron chi connectivity index (χ1n) is 7.10. The predicted octanol–water partition coefficient (Wildman–Crippen LogP) is 2.87. The van der Waals surface area contributed by atoms with Crippen LogP contribution in [-0.4, -0.2) is 47.2 Å². The van der Waals surface area contributed by atoms with Crippen LogP contribution in [0, 0.1) is 0 Å². The van der Waals surface area contributed by atoms with Crippen molar-refractivity contribution in [2.24, 2.45) is 0 Å². The third kappa shape index (κ3) is 6.73. The zero-order valence-electron chi connectivity index (χ0n) is 13.6. The van der Waals surface area contributed by atoms with E-state index in [1.54, 1.807) is 13.3 Å². The molecule has 0 saturated heterocycles. The van der Waals surface area contributed by atoms with Gasteiger partial charge in [-0.15, -0.1) is 0 Å². The molecule has 0 bridgehead atoms. The monoisotopic (exact) mass is 298 g/mol. The molecular formula is C15H26N2O4. The van der Waals surface area contributed by atoms with Gasteiger partial charge in [-0.2, -0.15) is 0 Å². The predicted molar refractivity (Wildman–Crippen MR) is 79.3 cm³/mol. The van der Waals surface area contributed by atoms with Crippen LogP contribution in [0.2, 0.25) is 0 Å². The van der Waals surface area contributed by atoms with E-state index in [1.165, 1.54) is 17.1 Å². The van der Waals surface area contributed by atoms with Crippen LogP contribution in [0.5, 0.6) is 0 Å². The van der Waals surface area contributed by atoms with E-state index in [1.807, 2.05) is 27.7 Å². The minimum Gasteiger partial charge on any atom is -0.449 e. The molecule has 6 heteroatoms. The second-order valence-electron chi connectivity index (χ2n) is 6.16. The molecule has 0 aliphatic carbocycles. The third-order valence-corrected chi connectivity index (χ3v) is 3.39. The highest BCUT2D eigenvalue weighted by Crippen LogP contribution is 2.19. The molecule has 1 aromatic heterocycles. The standard InChI is InChI=1S/C15H26N2O4/c1-14(2,19-5)7-11-21-15(3,4)6-10-20-13(18)17-9-8-16-12-17/h8-9,12H,6-7,10-11H2,1-5H3. The Hall–Kier alpha value is -1.40. The van der Waals surface area contributed by atoms with E-state index in [4.69, 9.17) is 14.2 Å². The number of ether oxygens (including phenoxy) is 3. The molecule has 1 rings (SSSR count). The highest BCUT2D eigenvalue weighted by Gasteiger charge is 2.22. The van der Waals surface area contributed by atoms with Crippen LogP contribution in [0.1, 0.15) is 40.5 Å². The summed E-state index contributed by atoms with van der Waals surface area (Å²) in [5.74, 6) is 0. The molecule has 0 amide bonds. The molecule has 21 heavy (non-hydrogen) atoms. The van der Waals surface area contributed by atoms with E-state index in [9.17, 15) is 4.79 Å². The lowest BCUT2D eigenvalue weighted by Gasteiger charge is -2.28. The number of carbonyl (C=O) groups excluding carboxylic acids is 1. The summed E-state index contributed by atoms with van der Waals surface area (Å²) >= 11 is 0. The van der Waals surface area contributed by atoms with Crippen molar-refractivity contribution < 1.29 is 19.0 Å². The van der Waals surface area contributed by atoms with Gasteiger partial charge < -0.3 is 14.2 Å². The Labute approximate surface area is 126 Å². The van der Waals surface area contributed by atoms with E-state index in [0.717, 1.165) is 6.42 Å². The lowest BCUT2D eigenvalue weighted by atomic mass is 10.0. The molecule has 0 spiro atoms. The minimum absolute atomic E-state index is 0.191. The highest BCUT2D eigenvalue weighted by molar-refractivity contribution is 5.69. The van der Waals surface area contributed by atoms with Gasteiger partial charge in [-0.25, -0.2) is 14.3 Å². The van der Waals surface area contributed by atoms with Crippen molar-refractivity contribution in [1.82, 2.24) is 9.55 Å². The summed E-state index contributed by atoms with van der Waals surface area (Å²) in [5.41, 5.74) is -0.539. The van der Waals surface area contributed by atoms with Crippen molar-refractivity contribution in [3.05, 3.63) is 18.7 Å². The Kier molecular flexibility index (Phi) is 6.36. The zero-order chi connectivity index (χ0) is 15.9. The molecule has 0 atom stereocenters. The van der Waals surface area contributed by atoms with Crippen molar-refractivity contribution >= 4 is 6.09 Å². The Morgan fingerprint density at radius 3 is 2.38 bits per heavy atom. The van der Waals surface area contributed by atoms with Crippen LogP contribution >= 0.6 is 0 Å². The van der Waals surface area contributed by atoms with Gasteiger partial charge in [-0.1, -0.05) is 0 Å². The van der Waals surface area contributed by atoms with Gasteiger partial charge in [0.2, 0.25) is 0 Å². The Morgan fingerprint density at radius 1 is 1.14 bits per heavy atom. The maximum absolute atomic E-state index is 11.6. The molecular weight excluding hydrogens is 272 g/mol. The van der Waals surface area contributed by atoms with Gasteiger partial charge in [0.25, 0.3) is 0 Å². The first-order chi connectivity index (χ1) is 9.76. The average molecular weight is 298 g/mol. The second kappa shape index (κ2) is 7.56. The van der Waals surface area contributed by atoms with Crippen LogP contribution in [0.25, 0.3) is 0 Å². The fraction of sp³-hybridized carbons (Fsp3) is 0.733. The average Bonchev–Trinajstić information content (AvgIpc) is 2.91. The van der Waals surface area contributed by atoms with Crippen molar-refractivity contribution in [3.8, 4) is 0 Å². The first kappa shape index (κ1) is 17.7. The topological polar surface area (TPSA) is 62.6 Å². The molecule has 0 fully saturated rings. The van der Waals surface area contributed by atoms with Gasteiger partial charge in [0, 0.05) is 25.9 Å². The summed E-state index contributed by atoms with van der Waals surface area (Å²) < 4.78 is 17.7. The molecule has 0 aromatic carbocycles. The molecule has 0 aliphatic heterocycles. The quantitative estimate of drug-likeness (QED) is 0.738. The lowest BCUT2D eigenvalue weighted by Crippen LogP contribution is -2.31. The van der Waals surface area contributed by atoms with Gasteiger partial charge in [0.1, 0.15) is 6.33 Å². The fourth-order valence-corrected chi connectivity index (χ4v) is 1.57. The second-order valence-corrected chi connectivity index (χ2v) is 6.16. The van der Waals surface area contributed by atoms with Crippen molar-refractivity contribution in [3.63, 3.8) is 0 Å². The van der Waals surface area contributed by atoms with Crippen molar-refractivity contribution in [2.45, 2.75) is 51.7 Å². The van der Waals surface area contributed by atoms with Crippen LogP contribution in [0.3, 0.4) is 0 Å². The number of hydrogen-bond acceptors (Lipinski definition) is 5. The molecule has 120 valence electrons. The number of hydrogen-bond donors (Lipinski definition) is 0. The van der Waals surface area contributed by atoms with Crippen LogP contribution < -0.4 is 0 Å². The third-order valence-electron chi connectivity index (χ3n) is 3.39. The molecule has 1 aromatic rings. The lowest BCUT2D eigenvalue weighted by molar-refractivity contribution is -0.0662. The number of imidazole rings is 1. The van der Waals surface area contributed by atoms with Crippen LogP contribution in [-0.2, 0) is 14.2 Å². The summed E-state index contributed by atoms with van der Waals surface area (Å²) in [4.78, 5) is 15.4. The Bertz CT molecular complexity index is 427. The van der Waals surface area contributed by atoms with Crippen molar-refractivity contribution in [2.75, 3.05) is 20.3 Å². The molecule has 0 radical (unpaired) electrons. The normalized spacial score (nSPS) is 12.4. The number of nitrogens with zero attached hydrogens (tertiary/aromatic N) is 2. The molecule has 0 N–H and O–H groups in total.